The third kappa shape index (κ3) is 5.92. The average molecular weight is 572 g/mol. The zero-order valence-electron chi connectivity index (χ0n) is 22.5. The van der Waals surface area contributed by atoms with Gasteiger partial charge in [-0.2, -0.15) is 13.2 Å². The fraction of sp³-hybridized carbons (Fsp3) is 0.355. The Morgan fingerprint density at radius 1 is 1.02 bits per heavy atom. The highest BCUT2D eigenvalue weighted by Gasteiger charge is 2.40. The SMILES string of the molecule is CCCCc1c2c(cc(F)c1N1CCC(NC(=O)c3ccccc3)C1)-c1cc(F)ccc1C2C(=O)NCC(F)(F)F. The van der Waals surface area contributed by atoms with Crippen molar-refractivity contribution in [2.24, 2.45) is 0 Å². The van der Waals surface area contributed by atoms with E-state index in [1.807, 2.05) is 23.2 Å². The summed E-state index contributed by atoms with van der Waals surface area (Å²) in [6.07, 6.45) is -2.28. The van der Waals surface area contributed by atoms with Crippen LogP contribution >= 0.6 is 0 Å². The number of carbonyl (C=O) groups excluding carboxylic acids is 2. The van der Waals surface area contributed by atoms with Crippen LogP contribution in [0, 0.1) is 11.6 Å². The van der Waals surface area contributed by atoms with Crippen LogP contribution in [0.4, 0.5) is 27.6 Å². The van der Waals surface area contributed by atoms with Crippen molar-refractivity contribution < 1.29 is 31.5 Å². The molecule has 1 aliphatic carbocycles. The van der Waals surface area contributed by atoms with Crippen LogP contribution in [0.25, 0.3) is 11.1 Å². The lowest BCUT2D eigenvalue weighted by Gasteiger charge is -2.27. The first-order valence-corrected chi connectivity index (χ1v) is 13.7. The molecule has 3 aromatic carbocycles. The van der Waals surface area contributed by atoms with Crippen molar-refractivity contribution in [3.8, 4) is 11.1 Å². The molecular formula is C31H30F5N3O2. The zero-order chi connectivity index (χ0) is 29.3. The van der Waals surface area contributed by atoms with Gasteiger partial charge in [0.2, 0.25) is 5.91 Å². The van der Waals surface area contributed by atoms with Gasteiger partial charge in [-0.25, -0.2) is 8.78 Å². The van der Waals surface area contributed by atoms with Crippen molar-refractivity contribution in [3.05, 3.63) is 88.5 Å². The summed E-state index contributed by atoms with van der Waals surface area (Å²) in [5, 5.41) is 4.97. The summed E-state index contributed by atoms with van der Waals surface area (Å²) < 4.78 is 69.3. The number of rotatable bonds is 8. The number of alkyl halides is 3. The van der Waals surface area contributed by atoms with Crippen LogP contribution in [0.15, 0.2) is 54.6 Å². The van der Waals surface area contributed by atoms with E-state index in [1.165, 1.54) is 18.2 Å². The minimum atomic E-state index is -4.61. The van der Waals surface area contributed by atoms with Crippen molar-refractivity contribution in [3.63, 3.8) is 0 Å². The highest BCUT2D eigenvalue weighted by atomic mass is 19.4. The Morgan fingerprint density at radius 2 is 1.78 bits per heavy atom. The molecule has 216 valence electrons. The number of nitrogens with zero attached hydrogens (tertiary/aromatic N) is 1. The van der Waals surface area contributed by atoms with Crippen LogP contribution in [-0.4, -0.2) is 43.7 Å². The van der Waals surface area contributed by atoms with Crippen LogP contribution in [0.5, 0.6) is 0 Å². The maximum absolute atomic E-state index is 16.0. The highest BCUT2D eigenvalue weighted by Crippen LogP contribution is 2.50. The van der Waals surface area contributed by atoms with Crippen molar-refractivity contribution in [1.82, 2.24) is 10.6 Å². The maximum Gasteiger partial charge on any atom is 0.405 e. The van der Waals surface area contributed by atoms with Gasteiger partial charge in [-0.15, -0.1) is 0 Å². The van der Waals surface area contributed by atoms with Crippen molar-refractivity contribution >= 4 is 17.5 Å². The molecule has 1 heterocycles. The predicted molar refractivity (Wildman–Crippen MR) is 146 cm³/mol. The second kappa shape index (κ2) is 11.5. The van der Waals surface area contributed by atoms with Gasteiger partial charge in [0.15, 0.2) is 0 Å². The molecule has 10 heteroatoms. The molecular weight excluding hydrogens is 541 g/mol. The van der Waals surface area contributed by atoms with Crippen LogP contribution in [0.1, 0.15) is 59.2 Å². The molecule has 2 amide bonds. The molecule has 2 aliphatic rings. The van der Waals surface area contributed by atoms with Gasteiger partial charge in [-0.3, -0.25) is 9.59 Å². The van der Waals surface area contributed by atoms with Crippen molar-refractivity contribution in [1.29, 1.82) is 0 Å². The number of hydrogen-bond donors (Lipinski definition) is 2. The third-order valence-corrected chi connectivity index (χ3v) is 7.68. The Bertz CT molecular complexity index is 1460. The van der Waals surface area contributed by atoms with E-state index in [9.17, 15) is 27.2 Å². The maximum atomic E-state index is 16.0. The number of fused-ring (bicyclic) bond motifs is 3. The molecule has 1 aliphatic heterocycles. The molecule has 0 saturated carbocycles. The van der Waals surface area contributed by atoms with E-state index in [2.05, 4.69) is 5.32 Å². The minimum Gasteiger partial charge on any atom is -0.367 e. The number of hydrogen-bond acceptors (Lipinski definition) is 3. The van der Waals surface area contributed by atoms with E-state index in [4.69, 9.17) is 0 Å². The molecule has 1 saturated heterocycles. The third-order valence-electron chi connectivity index (χ3n) is 7.68. The molecule has 0 radical (unpaired) electrons. The van der Waals surface area contributed by atoms with E-state index in [1.54, 1.807) is 24.3 Å². The van der Waals surface area contributed by atoms with Crippen LogP contribution < -0.4 is 15.5 Å². The molecule has 41 heavy (non-hydrogen) atoms. The number of anilines is 1. The van der Waals surface area contributed by atoms with E-state index >= 15 is 4.39 Å². The first kappa shape index (κ1) is 28.6. The quantitative estimate of drug-likeness (QED) is 0.321. The van der Waals surface area contributed by atoms with Gasteiger partial charge in [0, 0.05) is 24.7 Å². The fourth-order valence-corrected chi connectivity index (χ4v) is 5.88. The van der Waals surface area contributed by atoms with Crippen molar-refractivity contribution in [2.45, 2.75) is 50.7 Å². The Kier molecular flexibility index (Phi) is 8.02. The summed E-state index contributed by atoms with van der Waals surface area (Å²) in [6.45, 7) is 1.20. The van der Waals surface area contributed by atoms with Gasteiger partial charge in [0.25, 0.3) is 5.91 Å². The van der Waals surface area contributed by atoms with Gasteiger partial charge in [-0.05, 0) is 77.4 Å². The van der Waals surface area contributed by atoms with Crippen LogP contribution in [0.2, 0.25) is 0 Å². The Labute approximate surface area is 234 Å². The largest absolute Gasteiger partial charge is 0.405 e. The molecule has 5 nitrogen and oxygen atoms in total. The van der Waals surface area contributed by atoms with Gasteiger partial charge in [0.1, 0.15) is 18.2 Å². The smallest absolute Gasteiger partial charge is 0.367 e. The summed E-state index contributed by atoms with van der Waals surface area (Å²) in [6, 6.07) is 13.5. The number of unbranched alkanes of at least 4 members (excludes halogenated alkanes) is 1. The van der Waals surface area contributed by atoms with Gasteiger partial charge >= 0.3 is 6.18 Å². The summed E-state index contributed by atoms with van der Waals surface area (Å²) in [7, 11) is 0. The van der Waals surface area contributed by atoms with Crippen molar-refractivity contribution in [2.75, 3.05) is 24.5 Å². The van der Waals surface area contributed by atoms with E-state index in [-0.39, 0.29) is 17.6 Å². The van der Waals surface area contributed by atoms with E-state index in [0.29, 0.717) is 65.7 Å². The van der Waals surface area contributed by atoms with E-state index in [0.717, 1.165) is 12.5 Å². The zero-order valence-corrected chi connectivity index (χ0v) is 22.5. The Morgan fingerprint density at radius 3 is 2.49 bits per heavy atom. The van der Waals surface area contributed by atoms with Gasteiger partial charge in [-0.1, -0.05) is 37.6 Å². The lowest BCUT2D eigenvalue weighted by Crippen LogP contribution is -2.38. The highest BCUT2D eigenvalue weighted by molar-refractivity contribution is 5.98. The monoisotopic (exact) mass is 571 g/mol. The molecule has 1 fully saturated rings. The van der Waals surface area contributed by atoms with Gasteiger partial charge < -0.3 is 15.5 Å². The fourth-order valence-electron chi connectivity index (χ4n) is 5.88. The van der Waals surface area contributed by atoms with Crippen LogP contribution in [-0.2, 0) is 11.2 Å². The number of nitrogens with one attached hydrogen (secondary N) is 2. The molecule has 0 bridgehead atoms. The molecule has 3 aromatic rings. The topological polar surface area (TPSA) is 61.4 Å². The summed E-state index contributed by atoms with van der Waals surface area (Å²) in [5.41, 5.74) is 2.67. The average Bonchev–Trinajstić information content (AvgIpc) is 3.52. The Hall–Kier alpha value is -3.95. The number of amides is 2. The summed E-state index contributed by atoms with van der Waals surface area (Å²) in [5.74, 6) is -3.42. The Balaban J connectivity index is 1.53. The second-order valence-corrected chi connectivity index (χ2v) is 10.5. The predicted octanol–water partition coefficient (Wildman–Crippen LogP) is 6.11. The number of halogens is 5. The minimum absolute atomic E-state index is 0.239. The van der Waals surface area contributed by atoms with Gasteiger partial charge in [0.05, 0.1) is 11.6 Å². The summed E-state index contributed by atoms with van der Waals surface area (Å²) in [4.78, 5) is 27.8. The second-order valence-electron chi connectivity index (χ2n) is 10.5. The molecule has 0 aromatic heterocycles. The molecule has 2 unspecified atom stereocenters. The first-order valence-electron chi connectivity index (χ1n) is 13.7. The molecule has 0 spiro atoms. The number of carbonyl (C=O) groups is 2. The molecule has 2 atom stereocenters. The summed E-state index contributed by atoms with van der Waals surface area (Å²) >= 11 is 0. The van der Waals surface area contributed by atoms with Crippen LogP contribution in [0.3, 0.4) is 0 Å². The first-order chi connectivity index (χ1) is 19.6. The molecule has 5 rings (SSSR count). The normalized spacial score (nSPS) is 17.8. The van der Waals surface area contributed by atoms with E-state index < -0.39 is 36.2 Å². The lowest BCUT2D eigenvalue weighted by molar-refractivity contribution is -0.138. The lowest BCUT2D eigenvalue weighted by atomic mass is 9.88. The standard InChI is InChI=1S/C31H30F5N3O2/c1-2-3-9-22-26-24(23-14-19(32)10-11-21(23)27(26)30(41)37-17-31(34,35)36)15-25(33)28(22)39-13-12-20(16-39)38-29(40)18-7-5-4-6-8-18/h4-8,10-11,14-15,20,27H,2-3,9,12-13,16-17H2,1H3,(H,37,41)(H,38,40). The molecule has 2 N–H and O–H groups in total. The number of benzene rings is 3.